The van der Waals surface area contributed by atoms with Crippen LogP contribution in [0.15, 0.2) is 46.9 Å². The van der Waals surface area contributed by atoms with Gasteiger partial charge in [-0.05, 0) is 41.8 Å². The molecule has 2 aromatic rings. The van der Waals surface area contributed by atoms with Gasteiger partial charge in [-0.1, -0.05) is 34.1 Å². The molecule has 1 atom stereocenters. The van der Waals surface area contributed by atoms with E-state index in [0.717, 1.165) is 23.0 Å². The normalized spacial score (nSPS) is 17.9. The molecule has 2 aromatic carbocycles. The van der Waals surface area contributed by atoms with Crippen molar-refractivity contribution in [2.45, 2.75) is 19.0 Å². The number of anilines is 1. The number of hydrogen-bond donors (Lipinski definition) is 1. The lowest BCUT2D eigenvalue weighted by Crippen LogP contribution is -2.42. The quantitative estimate of drug-likeness (QED) is 0.910. The second-order valence-electron chi connectivity index (χ2n) is 5.25. The first kappa shape index (κ1) is 13.6. The van der Waals surface area contributed by atoms with E-state index in [0.29, 0.717) is 6.54 Å². The summed E-state index contributed by atoms with van der Waals surface area (Å²) < 4.78 is 14.2. The number of nitrogens with two attached hydrogens (primary N) is 1. The Labute approximate surface area is 126 Å². The third-order valence-corrected chi connectivity index (χ3v) is 4.02. The molecule has 0 bridgehead atoms. The van der Waals surface area contributed by atoms with Gasteiger partial charge in [0.15, 0.2) is 0 Å². The fourth-order valence-corrected chi connectivity index (χ4v) is 3.31. The molecule has 2 nitrogen and oxygen atoms in total. The van der Waals surface area contributed by atoms with Crippen molar-refractivity contribution in [1.82, 2.24) is 0 Å². The maximum absolute atomic E-state index is 13.5. The predicted molar refractivity (Wildman–Crippen MR) is 83.3 cm³/mol. The number of fused-ring (bicyclic) bond motifs is 1. The second-order valence-corrected chi connectivity index (χ2v) is 6.17. The average molecular weight is 335 g/mol. The summed E-state index contributed by atoms with van der Waals surface area (Å²) in [6.07, 6.45) is 0.902. The molecular formula is C16H16BrFN2. The van der Waals surface area contributed by atoms with E-state index in [4.69, 9.17) is 5.73 Å². The van der Waals surface area contributed by atoms with Crippen LogP contribution >= 0.6 is 15.9 Å². The number of rotatable bonds is 2. The third-order valence-electron chi connectivity index (χ3n) is 3.57. The van der Waals surface area contributed by atoms with E-state index in [1.807, 2.05) is 18.2 Å². The van der Waals surface area contributed by atoms with Gasteiger partial charge < -0.3 is 10.6 Å². The molecule has 2 N–H and O–H groups in total. The summed E-state index contributed by atoms with van der Waals surface area (Å²) in [6, 6.07) is 13.4. The lowest BCUT2D eigenvalue weighted by atomic mass is 9.98. The van der Waals surface area contributed by atoms with Gasteiger partial charge in [0.1, 0.15) is 5.82 Å². The molecule has 0 fully saturated rings. The number of para-hydroxylation sites is 1. The van der Waals surface area contributed by atoms with Crippen LogP contribution in [-0.4, -0.2) is 12.6 Å². The average Bonchev–Trinajstić information content (AvgIpc) is 2.37. The van der Waals surface area contributed by atoms with E-state index in [9.17, 15) is 4.39 Å². The smallest absolute Gasteiger partial charge is 0.124 e. The minimum absolute atomic E-state index is 0.127. The van der Waals surface area contributed by atoms with Crippen molar-refractivity contribution in [3.8, 4) is 0 Å². The number of benzene rings is 2. The van der Waals surface area contributed by atoms with E-state index in [1.165, 1.54) is 17.3 Å². The second kappa shape index (κ2) is 5.54. The molecule has 1 unspecified atom stereocenters. The summed E-state index contributed by atoms with van der Waals surface area (Å²) in [5.41, 5.74) is 9.54. The van der Waals surface area contributed by atoms with Crippen molar-refractivity contribution in [1.29, 1.82) is 0 Å². The zero-order valence-corrected chi connectivity index (χ0v) is 12.6. The van der Waals surface area contributed by atoms with Crippen LogP contribution in [0.3, 0.4) is 0 Å². The molecule has 0 aliphatic carbocycles. The predicted octanol–water partition coefficient (Wildman–Crippen LogP) is 3.48. The van der Waals surface area contributed by atoms with Crippen molar-refractivity contribution < 1.29 is 4.39 Å². The van der Waals surface area contributed by atoms with Crippen LogP contribution in [0.5, 0.6) is 0 Å². The SMILES string of the molecule is NC1Cc2ccccc2N(Cc2cc(F)cc(Br)c2)C1. The summed E-state index contributed by atoms with van der Waals surface area (Å²) in [7, 11) is 0. The van der Waals surface area contributed by atoms with E-state index in [-0.39, 0.29) is 11.9 Å². The standard InChI is InChI=1S/C16H16BrFN2/c17-13-5-11(6-14(18)8-13)9-20-10-15(19)7-12-3-1-2-4-16(12)20/h1-6,8,15H,7,9-10,19H2. The summed E-state index contributed by atoms with van der Waals surface area (Å²) >= 11 is 3.34. The van der Waals surface area contributed by atoms with Crippen LogP contribution < -0.4 is 10.6 Å². The zero-order valence-electron chi connectivity index (χ0n) is 11.0. The highest BCUT2D eigenvalue weighted by Crippen LogP contribution is 2.28. The molecule has 20 heavy (non-hydrogen) atoms. The molecule has 0 saturated carbocycles. The molecule has 104 valence electrons. The van der Waals surface area contributed by atoms with Gasteiger partial charge in [0.25, 0.3) is 0 Å². The van der Waals surface area contributed by atoms with Gasteiger partial charge in [-0.15, -0.1) is 0 Å². The summed E-state index contributed by atoms with van der Waals surface area (Å²) in [6.45, 7) is 1.46. The fraction of sp³-hybridized carbons (Fsp3) is 0.250. The summed E-state index contributed by atoms with van der Waals surface area (Å²) in [4.78, 5) is 2.23. The van der Waals surface area contributed by atoms with Crippen LogP contribution in [0, 0.1) is 5.82 Å². The van der Waals surface area contributed by atoms with Crippen LogP contribution in [0.1, 0.15) is 11.1 Å². The first-order chi connectivity index (χ1) is 9.61. The topological polar surface area (TPSA) is 29.3 Å². The van der Waals surface area contributed by atoms with Gasteiger partial charge in [0.2, 0.25) is 0 Å². The van der Waals surface area contributed by atoms with Gasteiger partial charge >= 0.3 is 0 Å². The highest BCUT2D eigenvalue weighted by molar-refractivity contribution is 9.10. The molecule has 1 aliphatic heterocycles. The van der Waals surface area contributed by atoms with Crippen molar-refractivity contribution in [3.63, 3.8) is 0 Å². The highest BCUT2D eigenvalue weighted by Gasteiger charge is 2.21. The lowest BCUT2D eigenvalue weighted by molar-refractivity contribution is 0.594. The maximum atomic E-state index is 13.5. The zero-order chi connectivity index (χ0) is 14.1. The Hall–Kier alpha value is -1.39. The molecule has 4 heteroatoms. The molecule has 0 radical (unpaired) electrons. The Morgan fingerprint density at radius 1 is 1.25 bits per heavy atom. The molecule has 0 spiro atoms. The fourth-order valence-electron chi connectivity index (χ4n) is 2.79. The Morgan fingerprint density at radius 3 is 2.85 bits per heavy atom. The van der Waals surface area contributed by atoms with Crippen LogP contribution in [0.2, 0.25) is 0 Å². The highest BCUT2D eigenvalue weighted by atomic mass is 79.9. The Balaban J connectivity index is 1.91. The van der Waals surface area contributed by atoms with Crippen molar-refractivity contribution in [2.75, 3.05) is 11.4 Å². The first-order valence-corrected chi connectivity index (χ1v) is 7.44. The first-order valence-electron chi connectivity index (χ1n) is 6.65. The van der Waals surface area contributed by atoms with E-state index in [2.05, 4.69) is 33.0 Å². The lowest BCUT2D eigenvalue weighted by Gasteiger charge is -2.34. The van der Waals surface area contributed by atoms with Crippen LogP contribution in [0.4, 0.5) is 10.1 Å². The molecule has 1 aliphatic rings. The third kappa shape index (κ3) is 2.86. The molecule has 0 amide bonds. The van der Waals surface area contributed by atoms with Gasteiger partial charge in [-0.2, -0.15) is 0 Å². The van der Waals surface area contributed by atoms with Gasteiger partial charge in [-0.25, -0.2) is 4.39 Å². The van der Waals surface area contributed by atoms with Crippen LogP contribution in [-0.2, 0) is 13.0 Å². The van der Waals surface area contributed by atoms with Crippen LogP contribution in [0.25, 0.3) is 0 Å². The van der Waals surface area contributed by atoms with Gasteiger partial charge in [0.05, 0.1) is 0 Å². The maximum Gasteiger partial charge on any atom is 0.124 e. The minimum Gasteiger partial charge on any atom is -0.365 e. The molecule has 1 heterocycles. The number of nitrogens with zero attached hydrogens (tertiary/aromatic N) is 1. The van der Waals surface area contributed by atoms with E-state index >= 15 is 0 Å². The largest absolute Gasteiger partial charge is 0.365 e. The molecular weight excluding hydrogens is 319 g/mol. The minimum atomic E-state index is -0.219. The Bertz CT molecular complexity index is 609. The number of halogens is 2. The van der Waals surface area contributed by atoms with Gasteiger partial charge in [-0.3, -0.25) is 0 Å². The summed E-state index contributed by atoms with van der Waals surface area (Å²) in [5, 5.41) is 0. The summed E-state index contributed by atoms with van der Waals surface area (Å²) in [5.74, 6) is -0.219. The molecule has 0 saturated heterocycles. The molecule has 0 aromatic heterocycles. The van der Waals surface area contributed by atoms with E-state index in [1.54, 1.807) is 6.07 Å². The Morgan fingerprint density at radius 2 is 2.05 bits per heavy atom. The monoisotopic (exact) mass is 334 g/mol. The van der Waals surface area contributed by atoms with Crippen molar-refractivity contribution in [3.05, 3.63) is 63.9 Å². The van der Waals surface area contributed by atoms with E-state index < -0.39 is 0 Å². The number of hydrogen-bond acceptors (Lipinski definition) is 2. The molecule has 3 rings (SSSR count). The van der Waals surface area contributed by atoms with Gasteiger partial charge in [0, 0.05) is 29.3 Å². The Kier molecular flexibility index (Phi) is 3.76. The van der Waals surface area contributed by atoms with Crippen molar-refractivity contribution in [2.24, 2.45) is 5.73 Å². The van der Waals surface area contributed by atoms with Crippen molar-refractivity contribution >= 4 is 21.6 Å².